The third-order valence-corrected chi connectivity index (χ3v) is 4.12. The molecule has 3 rings (SSSR count). The Kier molecular flexibility index (Phi) is 3.29. The molecular formula is C16H24N2. The van der Waals surface area contributed by atoms with Crippen LogP contribution in [0.2, 0.25) is 0 Å². The predicted molar refractivity (Wildman–Crippen MR) is 76.7 cm³/mol. The number of anilines is 1. The predicted octanol–water partition coefficient (Wildman–Crippen LogP) is 3.33. The van der Waals surface area contributed by atoms with Gasteiger partial charge in [-0.3, -0.25) is 0 Å². The van der Waals surface area contributed by atoms with E-state index in [9.17, 15) is 0 Å². The summed E-state index contributed by atoms with van der Waals surface area (Å²) >= 11 is 0. The first-order valence-corrected chi connectivity index (χ1v) is 7.33. The number of benzene rings is 1. The van der Waals surface area contributed by atoms with Gasteiger partial charge in [-0.25, -0.2) is 0 Å². The summed E-state index contributed by atoms with van der Waals surface area (Å²) < 4.78 is 0. The molecule has 18 heavy (non-hydrogen) atoms. The molecule has 98 valence electrons. The van der Waals surface area contributed by atoms with E-state index < -0.39 is 0 Å². The summed E-state index contributed by atoms with van der Waals surface area (Å²) in [6.45, 7) is 4.56. The van der Waals surface area contributed by atoms with Gasteiger partial charge in [0.1, 0.15) is 0 Å². The SMILES string of the molecule is C[C@H](N)c1ccccc1N(CC1CC1)CC1CC1. The molecule has 0 heterocycles. The quantitative estimate of drug-likeness (QED) is 0.831. The van der Waals surface area contributed by atoms with Crippen molar-refractivity contribution in [2.24, 2.45) is 17.6 Å². The molecule has 0 spiro atoms. The lowest BCUT2D eigenvalue weighted by molar-refractivity contribution is 0.671. The molecule has 2 saturated carbocycles. The van der Waals surface area contributed by atoms with Gasteiger partial charge < -0.3 is 10.6 Å². The Bertz CT molecular complexity index is 391. The first kappa shape index (κ1) is 12.0. The molecule has 2 heteroatoms. The Hall–Kier alpha value is -1.02. The molecule has 2 aliphatic carbocycles. The zero-order chi connectivity index (χ0) is 12.5. The highest BCUT2D eigenvalue weighted by atomic mass is 15.1. The van der Waals surface area contributed by atoms with Crippen LogP contribution in [0.15, 0.2) is 24.3 Å². The summed E-state index contributed by atoms with van der Waals surface area (Å²) in [5.41, 5.74) is 8.80. The van der Waals surface area contributed by atoms with Gasteiger partial charge in [0, 0.05) is 24.8 Å². The molecule has 0 unspecified atom stereocenters. The largest absolute Gasteiger partial charge is 0.371 e. The van der Waals surface area contributed by atoms with Gasteiger partial charge in [-0.15, -0.1) is 0 Å². The van der Waals surface area contributed by atoms with Crippen molar-refractivity contribution in [2.75, 3.05) is 18.0 Å². The molecule has 0 bridgehead atoms. The van der Waals surface area contributed by atoms with Crippen molar-refractivity contribution < 1.29 is 0 Å². The van der Waals surface area contributed by atoms with Crippen LogP contribution in [0.25, 0.3) is 0 Å². The van der Waals surface area contributed by atoms with E-state index in [-0.39, 0.29) is 6.04 Å². The number of nitrogens with zero attached hydrogens (tertiary/aromatic N) is 1. The first-order valence-electron chi connectivity index (χ1n) is 7.33. The third-order valence-electron chi connectivity index (χ3n) is 4.12. The molecule has 2 fully saturated rings. The van der Waals surface area contributed by atoms with Crippen molar-refractivity contribution in [3.05, 3.63) is 29.8 Å². The van der Waals surface area contributed by atoms with Crippen molar-refractivity contribution in [1.82, 2.24) is 0 Å². The van der Waals surface area contributed by atoms with Gasteiger partial charge in [-0.2, -0.15) is 0 Å². The highest BCUT2D eigenvalue weighted by Crippen LogP contribution is 2.37. The van der Waals surface area contributed by atoms with Crippen molar-refractivity contribution in [1.29, 1.82) is 0 Å². The van der Waals surface area contributed by atoms with Gasteiger partial charge in [-0.1, -0.05) is 18.2 Å². The van der Waals surface area contributed by atoms with Crippen molar-refractivity contribution in [3.8, 4) is 0 Å². The lowest BCUT2D eigenvalue weighted by atomic mass is 10.1. The van der Waals surface area contributed by atoms with Crippen molar-refractivity contribution >= 4 is 5.69 Å². The molecule has 1 atom stereocenters. The molecule has 0 aliphatic heterocycles. The molecule has 2 N–H and O–H groups in total. The van der Waals surface area contributed by atoms with Gasteiger partial charge in [0.05, 0.1) is 0 Å². The molecule has 2 nitrogen and oxygen atoms in total. The van der Waals surface area contributed by atoms with Crippen LogP contribution in [0.1, 0.15) is 44.2 Å². The molecule has 0 saturated heterocycles. The van der Waals surface area contributed by atoms with Crippen molar-refractivity contribution in [3.63, 3.8) is 0 Å². The van der Waals surface area contributed by atoms with E-state index in [0.29, 0.717) is 0 Å². The second-order valence-corrected chi connectivity index (χ2v) is 6.14. The first-order chi connectivity index (χ1) is 8.74. The Morgan fingerprint density at radius 2 is 1.67 bits per heavy atom. The highest BCUT2D eigenvalue weighted by Gasteiger charge is 2.30. The van der Waals surface area contributed by atoms with E-state index in [1.165, 1.54) is 50.0 Å². The molecule has 0 radical (unpaired) electrons. The van der Waals surface area contributed by atoms with Gasteiger partial charge >= 0.3 is 0 Å². The standard InChI is InChI=1S/C16H24N2/c1-12(17)15-4-2-3-5-16(15)18(10-13-6-7-13)11-14-8-9-14/h2-5,12-14H,6-11,17H2,1H3/t12-/m0/s1. The van der Waals surface area contributed by atoms with Crippen LogP contribution in [0.4, 0.5) is 5.69 Å². The average molecular weight is 244 g/mol. The summed E-state index contributed by atoms with van der Waals surface area (Å²) in [6.07, 6.45) is 5.67. The fourth-order valence-electron chi connectivity index (χ4n) is 2.66. The van der Waals surface area contributed by atoms with Crippen LogP contribution < -0.4 is 10.6 Å². The summed E-state index contributed by atoms with van der Waals surface area (Å²) in [7, 11) is 0. The summed E-state index contributed by atoms with van der Waals surface area (Å²) in [4.78, 5) is 2.61. The zero-order valence-electron chi connectivity index (χ0n) is 11.3. The molecular weight excluding hydrogens is 220 g/mol. The Morgan fingerprint density at radius 3 is 2.17 bits per heavy atom. The van der Waals surface area contributed by atoms with E-state index >= 15 is 0 Å². The second kappa shape index (κ2) is 4.93. The van der Waals surface area contributed by atoms with E-state index in [1.54, 1.807) is 0 Å². The fraction of sp³-hybridized carbons (Fsp3) is 0.625. The van der Waals surface area contributed by atoms with Gasteiger partial charge in [-0.05, 0) is 56.1 Å². The van der Waals surface area contributed by atoms with Crippen LogP contribution in [-0.4, -0.2) is 13.1 Å². The average Bonchev–Trinajstić information content (AvgIpc) is 3.23. The number of hydrogen-bond acceptors (Lipinski definition) is 2. The smallest absolute Gasteiger partial charge is 0.0414 e. The maximum Gasteiger partial charge on any atom is 0.0414 e. The molecule has 0 aromatic heterocycles. The third kappa shape index (κ3) is 2.86. The summed E-state index contributed by atoms with van der Waals surface area (Å²) in [5.74, 6) is 1.87. The number of rotatable bonds is 6. The number of nitrogens with two attached hydrogens (primary N) is 1. The van der Waals surface area contributed by atoms with E-state index in [0.717, 1.165) is 11.8 Å². The minimum atomic E-state index is 0.127. The Labute approximate surface area is 110 Å². The molecule has 0 amide bonds. The summed E-state index contributed by atoms with van der Waals surface area (Å²) in [6, 6.07) is 8.82. The van der Waals surface area contributed by atoms with Gasteiger partial charge in [0.2, 0.25) is 0 Å². The lowest BCUT2D eigenvalue weighted by Gasteiger charge is -2.28. The second-order valence-electron chi connectivity index (χ2n) is 6.14. The number of para-hydroxylation sites is 1. The van der Waals surface area contributed by atoms with Crippen LogP contribution in [0.5, 0.6) is 0 Å². The van der Waals surface area contributed by atoms with Crippen LogP contribution in [-0.2, 0) is 0 Å². The maximum atomic E-state index is 6.12. The minimum absolute atomic E-state index is 0.127. The van der Waals surface area contributed by atoms with E-state index in [4.69, 9.17) is 5.73 Å². The molecule has 2 aliphatic rings. The molecule has 1 aromatic carbocycles. The number of hydrogen-bond donors (Lipinski definition) is 1. The van der Waals surface area contributed by atoms with Gasteiger partial charge in [0.15, 0.2) is 0 Å². The monoisotopic (exact) mass is 244 g/mol. The summed E-state index contributed by atoms with van der Waals surface area (Å²) in [5, 5.41) is 0. The fourth-order valence-corrected chi connectivity index (χ4v) is 2.66. The lowest BCUT2D eigenvalue weighted by Crippen LogP contribution is -2.29. The van der Waals surface area contributed by atoms with Crippen molar-refractivity contribution in [2.45, 2.75) is 38.6 Å². The van der Waals surface area contributed by atoms with Crippen LogP contribution in [0.3, 0.4) is 0 Å². The Balaban J connectivity index is 1.82. The maximum absolute atomic E-state index is 6.12. The topological polar surface area (TPSA) is 29.3 Å². The Morgan fingerprint density at radius 1 is 1.11 bits per heavy atom. The van der Waals surface area contributed by atoms with E-state index in [2.05, 4.69) is 36.1 Å². The van der Waals surface area contributed by atoms with Crippen LogP contribution >= 0.6 is 0 Å². The minimum Gasteiger partial charge on any atom is -0.371 e. The zero-order valence-corrected chi connectivity index (χ0v) is 11.3. The van der Waals surface area contributed by atoms with E-state index in [1.807, 2.05) is 0 Å². The highest BCUT2D eigenvalue weighted by molar-refractivity contribution is 5.55. The normalized spacial score (nSPS) is 20.8. The molecule has 1 aromatic rings. The van der Waals surface area contributed by atoms with Gasteiger partial charge in [0.25, 0.3) is 0 Å². The van der Waals surface area contributed by atoms with Crippen LogP contribution in [0, 0.1) is 11.8 Å².